The molecule has 1 heterocycles. The van der Waals surface area contributed by atoms with E-state index in [2.05, 4.69) is 39.2 Å². The summed E-state index contributed by atoms with van der Waals surface area (Å²) in [5, 5.41) is 8.72. The van der Waals surface area contributed by atoms with Crippen LogP contribution in [0.25, 0.3) is 22.4 Å². The van der Waals surface area contributed by atoms with Crippen LogP contribution in [0.5, 0.6) is 0 Å². The van der Waals surface area contributed by atoms with Crippen molar-refractivity contribution < 1.29 is 9.53 Å². The number of benzene rings is 3. The van der Waals surface area contributed by atoms with Crippen LogP contribution in [0.4, 0.5) is 10.5 Å². The van der Waals surface area contributed by atoms with E-state index < -0.39 is 6.09 Å². The molecular weight excluding hydrogens is 382 g/mol. The number of hydrogen-bond acceptors (Lipinski definition) is 5. The van der Waals surface area contributed by atoms with Crippen LogP contribution in [0.1, 0.15) is 17.0 Å². The third kappa shape index (κ3) is 3.39. The molecule has 0 radical (unpaired) electrons. The topological polar surface area (TPSA) is 64.1 Å². The Hall–Kier alpha value is -3.51. The number of nitrogens with zero attached hydrogens (tertiary/aromatic N) is 2. The number of carbonyl (C=O) groups is 1. The summed E-state index contributed by atoms with van der Waals surface area (Å²) in [6.07, 6.45) is -0.463. The zero-order valence-corrected chi connectivity index (χ0v) is 16.2. The van der Waals surface area contributed by atoms with Crippen molar-refractivity contribution >= 4 is 23.3 Å². The summed E-state index contributed by atoms with van der Waals surface area (Å²) in [6.45, 7) is 0.294. The molecule has 0 atom stereocenters. The number of ether oxygens (including phenoxy) is 1. The quantitative estimate of drug-likeness (QED) is 0.487. The number of nitrogens with one attached hydrogen (secondary N) is 1. The predicted molar refractivity (Wildman–Crippen MR) is 114 cm³/mol. The van der Waals surface area contributed by atoms with E-state index in [1.165, 1.54) is 33.8 Å². The Balaban J connectivity index is 1.26. The second-order valence-electron chi connectivity index (χ2n) is 6.82. The molecule has 142 valence electrons. The predicted octanol–water partition coefficient (Wildman–Crippen LogP) is 5.57. The minimum Gasteiger partial charge on any atom is -0.448 e. The van der Waals surface area contributed by atoms with Crippen LogP contribution >= 0.6 is 11.5 Å². The zero-order chi connectivity index (χ0) is 19.6. The van der Waals surface area contributed by atoms with Crippen LogP contribution in [0.2, 0.25) is 0 Å². The van der Waals surface area contributed by atoms with Crippen molar-refractivity contribution in [2.75, 3.05) is 11.9 Å². The number of rotatable bonds is 4. The number of amides is 1. The summed E-state index contributed by atoms with van der Waals surface area (Å²) >= 11 is 1.31. The van der Waals surface area contributed by atoms with E-state index in [1.807, 2.05) is 53.9 Å². The third-order valence-electron chi connectivity index (χ3n) is 5.13. The molecule has 0 unspecified atom stereocenters. The molecule has 1 amide bonds. The van der Waals surface area contributed by atoms with Gasteiger partial charge in [0, 0.05) is 22.5 Å². The van der Waals surface area contributed by atoms with Gasteiger partial charge in [0.15, 0.2) is 0 Å². The molecule has 0 bridgehead atoms. The number of aromatic nitrogens is 2. The molecule has 29 heavy (non-hydrogen) atoms. The monoisotopic (exact) mass is 399 g/mol. The summed E-state index contributed by atoms with van der Waals surface area (Å²) in [6, 6.07) is 24.0. The molecule has 0 spiro atoms. The van der Waals surface area contributed by atoms with Crippen LogP contribution in [0, 0.1) is 0 Å². The number of carbonyl (C=O) groups excluding carboxylic acids is 1. The Bertz CT molecular complexity index is 1110. The Morgan fingerprint density at radius 1 is 0.931 bits per heavy atom. The van der Waals surface area contributed by atoms with Crippen molar-refractivity contribution in [2.45, 2.75) is 5.92 Å². The summed E-state index contributed by atoms with van der Waals surface area (Å²) < 4.78 is 9.44. The summed E-state index contributed by atoms with van der Waals surface area (Å²) in [5.74, 6) is 0.0488. The van der Waals surface area contributed by atoms with E-state index in [-0.39, 0.29) is 5.92 Å². The van der Waals surface area contributed by atoms with Gasteiger partial charge in [-0.25, -0.2) is 4.79 Å². The molecule has 5 rings (SSSR count). The Morgan fingerprint density at radius 2 is 1.59 bits per heavy atom. The third-order valence-corrected chi connectivity index (χ3v) is 5.64. The maximum absolute atomic E-state index is 12.4. The van der Waals surface area contributed by atoms with E-state index in [0.717, 1.165) is 11.3 Å². The molecule has 5 nitrogen and oxygen atoms in total. The van der Waals surface area contributed by atoms with Gasteiger partial charge >= 0.3 is 6.09 Å². The lowest BCUT2D eigenvalue weighted by Gasteiger charge is -2.14. The molecule has 1 aliphatic carbocycles. The van der Waals surface area contributed by atoms with Gasteiger partial charge in [0.1, 0.15) is 12.3 Å². The van der Waals surface area contributed by atoms with Crippen LogP contribution in [-0.4, -0.2) is 22.3 Å². The fraction of sp³-hybridized carbons (Fsp3) is 0.0870. The highest BCUT2D eigenvalue weighted by molar-refractivity contribution is 7.03. The van der Waals surface area contributed by atoms with Gasteiger partial charge in [-0.2, -0.15) is 0 Å². The molecule has 1 aromatic heterocycles. The van der Waals surface area contributed by atoms with E-state index in [4.69, 9.17) is 4.74 Å². The average molecular weight is 399 g/mol. The van der Waals surface area contributed by atoms with Gasteiger partial charge in [0.25, 0.3) is 0 Å². The van der Waals surface area contributed by atoms with Crippen LogP contribution < -0.4 is 5.32 Å². The minimum absolute atomic E-state index is 0.0488. The zero-order valence-electron chi connectivity index (χ0n) is 15.4. The summed E-state index contributed by atoms with van der Waals surface area (Å²) in [7, 11) is 0. The summed E-state index contributed by atoms with van der Waals surface area (Å²) in [5.41, 5.74) is 7.27. The van der Waals surface area contributed by atoms with Gasteiger partial charge < -0.3 is 4.74 Å². The standard InChI is InChI=1S/C23H17N3O2S/c27-23(24-16-11-9-15(10-12-16)22-14-29-26-25-22)28-13-21-19-7-3-1-5-17(19)18-6-2-4-8-20(18)21/h1-12,14,21H,13H2,(H,24,27). The fourth-order valence-corrected chi connectivity index (χ4v) is 4.23. The molecule has 4 aromatic rings. The van der Waals surface area contributed by atoms with Gasteiger partial charge in [-0.1, -0.05) is 65.2 Å². The molecule has 0 saturated heterocycles. The van der Waals surface area contributed by atoms with Gasteiger partial charge in [-0.05, 0) is 45.9 Å². The van der Waals surface area contributed by atoms with Gasteiger partial charge in [-0.3, -0.25) is 5.32 Å². The lowest BCUT2D eigenvalue weighted by molar-refractivity contribution is 0.158. The molecular formula is C23H17N3O2S. The van der Waals surface area contributed by atoms with Crippen LogP contribution in [0.3, 0.4) is 0 Å². The SMILES string of the molecule is O=C(Nc1ccc(-c2csnn2)cc1)OCC1c2ccccc2-c2ccccc21. The first-order chi connectivity index (χ1) is 14.3. The first kappa shape index (κ1) is 17.6. The molecule has 1 aliphatic rings. The number of fused-ring (bicyclic) bond motifs is 3. The number of hydrogen-bond donors (Lipinski definition) is 1. The maximum Gasteiger partial charge on any atom is 0.411 e. The maximum atomic E-state index is 12.4. The Kier molecular flexibility index (Phi) is 4.54. The van der Waals surface area contributed by atoms with Gasteiger partial charge in [0.05, 0.1) is 0 Å². The smallest absolute Gasteiger partial charge is 0.411 e. The molecule has 3 aromatic carbocycles. The lowest BCUT2D eigenvalue weighted by Crippen LogP contribution is -2.17. The largest absolute Gasteiger partial charge is 0.448 e. The average Bonchev–Trinajstić information content (AvgIpc) is 3.40. The van der Waals surface area contributed by atoms with Crippen molar-refractivity contribution in [1.82, 2.24) is 9.59 Å². The van der Waals surface area contributed by atoms with Crippen molar-refractivity contribution in [3.05, 3.63) is 89.3 Å². The number of anilines is 1. The fourth-order valence-electron chi connectivity index (χ4n) is 3.77. The van der Waals surface area contributed by atoms with Crippen molar-refractivity contribution in [2.24, 2.45) is 0 Å². The van der Waals surface area contributed by atoms with Crippen molar-refractivity contribution in [1.29, 1.82) is 0 Å². The molecule has 1 N–H and O–H groups in total. The Morgan fingerprint density at radius 3 is 2.21 bits per heavy atom. The first-order valence-corrected chi connectivity index (χ1v) is 10.1. The highest BCUT2D eigenvalue weighted by atomic mass is 32.1. The van der Waals surface area contributed by atoms with Crippen molar-refractivity contribution in [3.63, 3.8) is 0 Å². The van der Waals surface area contributed by atoms with Crippen LogP contribution in [-0.2, 0) is 4.74 Å². The summed E-state index contributed by atoms with van der Waals surface area (Å²) in [4.78, 5) is 12.4. The molecule has 6 heteroatoms. The van der Waals surface area contributed by atoms with Crippen LogP contribution in [0.15, 0.2) is 78.2 Å². The highest BCUT2D eigenvalue weighted by Gasteiger charge is 2.28. The van der Waals surface area contributed by atoms with Gasteiger partial charge in [0.2, 0.25) is 0 Å². The Labute approximate surface area is 172 Å². The van der Waals surface area contributed by atoms with Gasteiger partial charge in [-0.15, -0.1) is 5.10 Å². The van der Waals surface area contributed by atoms with E-state index >= 15 is 0 Å². The van der Waals surface area contributed by atoms with Crippen molar-refractivity contribution in [3.8, 4) is 22.4 Å². The normalized spacial score (nSPS) is 12.3. The first-order valence-electron chi connectivity index (χ1n) is 9.29. The second kappa shape index (κ2) is 7.48. The highest BCUT2D eigenvalue weighted by Crippen LogP contribution is 2.44. The van der Waals surface area contributed by atoms with E-state index in [0.29, 0.717) is 12.3 Å². The van der Waals surface area contributed by atoms with E-state index in [1.54, 1.807) is 0 Å². The molecule has 0 saturated carbocycles. The second-order valence-corrected chi connectivity index (χ2v) is 7.43. The minimum atomic E-state index is -0.463. The molecule has 0 fully saturated rings. The molecule has 0 aliphatic heterocycles. The van der Waals surface area contributed by atoms with E-state index in [9.17, 15) is 4.79 Å². The lowest BCUT2D eigenvalue weighted by atomic mass is 9.98.